The van der Waals surface area contributed by atoms with E-state index in [4.69, 9.17) is 9.47 Å². The highest BCUT2D eigenvalue weighted by Gasteiger charge is 2.81. The third-order valence-electron chi connectivity index (χ3n) is 8.55. The quantitative estimate of drug-likeness (QED) is 0.311. The molecular formula is C27H31NO5. The first-order valence-electron chi connectivity index (χ1n) is 12.1. The van der Waals surface area contributed by atoms with Crippen LogP contribution in [0.25, 0.3) is 0 Å². The van der Waals surface area contributed by atoms with E-state index in [1.54, 1.807) is 12.1 Å². The smallest absolute Gasteiger partial charge is 0.336 e. The molecule has 1 unspecified atom stereocenters. The molecule has 1 heterocycles. The Balaban J connectivity index is 1.40. The van der Waals surface area contributed by atoms with Gasteiger partial charge in [0.05, 0.1) is 11.0 Å². The van der Waals surface area contributed by atoms with E-state index in [1.807, 2.05) is 26.0 Å². The molecule has 1 aromatic rings. The second-order valence-electron chi connectivity index (χ2n) is 10.9. The average Bonchev–Trinajstić information content (AvgIpc) is 3.48. The van der Waals surface area contributed by atoms with Gasteiger partial charge in [0.1, 0.15) is 0 Å². The zero-order chi connectivity index (χ0) is 23.1. The number of esters is 1. The lowest BCUT2D eigenvalue weighted by atomic mass is 9.37. The lowest BCUT2D eigenvalue weighted by molar-refractivity contribution is -0.250. The third kappa shape index (κ3) is 2.80. The molecular weight excluding hydrogens is 418 g/mol. The van der Waals surface area contributed by atoms with Crippen LogP contribution < -0.4 is 9.47 Å². The first-order valence-corrected chi connectivity index (χ1v) is 12.1. The Kier molecular flexibility index (Phi) is 4.50. The first kappa shape index (κ1) is 21.1. The second kappa shape index (κ2) is 7.03. The molecule has 0 aromatic heterocycles. The number of allylic oxidation sites excluding steroid dienone is 3. The van der Waals surface area contributed by atoms with Crippen molar-refractivity contribution >= 4 is 11.8 Å². The van der Waals surface area contributed by atoms with Gasteiger partial charge in [-0.05, 0) is 70.0 Å². The van der Waals surface area contributed by atoms with Crippen LogP contribution in [0, 0.1) is 11.8 Å². The number of benzene rings is 1. The van der Waals surface area contributed by atoms with E-state index >= 15 is 0 Å². The van der Waals surface area contributed by atoms with Crippen LogP contribution in [0.5, 0.6) is 11.5 Å². The highest BCUT2D eigenvalue weighted by Crippen LogP contribution is 2.72. The molecule has 0 radical (unpaired) electrons. The summed E-state index contributed by atoms with van der Waals surface area (Å²) in [5.41, 5.74) is 1.33. The molecule has 174 valence electrons. The van der Waals surface area contributed by atoms with Crippen molar-refractivity contribution in [3.8, 4) is 11.5 Å². The number of carbonyl (C=O) groups is 2. The molecule has 6 nitrogen and oxygen atoms in total. The number of hydrogen-bond donors (Lipinski definition) is 1. The molecule has 6 heteroatoms. The number of carbonyl (C=O) groups excluding carboxylic acids is 2. The molecule has 5 atom stereocenters. The second-order valence-corrected chi connectivity index (χ2v) is 10.9. The molecule has 1 aromatic carbocycles. The fourth-order valence-electron chi connectivity index (χ4n) is 7.01. The van der Waals surface area contributed by atoms with Gasteiger partial charge in [0.2, 0.25) is 0 Å². The fourth-order valence-corrected chi connectivity index (χ4v) is 7.01. The number of hydrogen-bond acceptors (Lipinski definition) is 6. The summed E-state index contributed by atoms with van der Waals surface area (Å²) in [4.78, 5) is 27.8. The fraction of sp³-hybridized carbons (Fsp3) is 0.556. The maximum atomic E-state index is 13.0. The number of nitrogens with zero attached hydrogens (tertiary/aromatic N) is 1. The SMILES string of the molecule is CC(C)=C/C=C/C(=O)Oc1ccc2c3c1O[C@H]1C(=O)CC4C[C@]31[C@]4(O)[C@H](N(C)CC1CC1)C2. The maximum absolute atomic E-state index is 13.0. The van der Waals surface area contributed by atoms with E-state index in [1.165, 1.54) is 18.9 Å². The summed E-state index contributed by atoms with van der Waals surface area (Å²) in [5, 5.41) is 12.3. The standard InChI is InChI=1S/C27H31NO5/c1-15(2)5-4-6-22(30)32-20-10-9-17-11-21(28(3)14-16-7-8-16)27(31)18-12-19(29)25-26(27,13-18)23(17)24(20)33-25/h4-6,9-10,16,18,21,25,31H,7-8,11-14H2,1-3H3/b6-4+/t18?,21-,25+,26+,27-/m1/s1. The molecule has 6 aliphatic rings. The number of ether oxygens (including phenoxy) is 2. The monoisotopic (exact) mass is 449 g/mol. The summed E-state index contributed by atoms with van der Waals surface area (Å²) in [6, 6.07) is 3.72. The Morgan fingerprint density at radius 1 is 1.30 bits per heavy atom. The number of likely N-dealkylation sites (N-methyl/N-ethyl adjacent to an activating group) is 1. The van der Waals surface area contributed by atoms with Gasteiger partial charge in [-0.3, -0.25) is 9.69 Å². The zero-order valence-electron chi connectivity index (χ0n) is 19.5. The summed E-state index contributed by atoms with van der Waals surface area (Å²) in [6.45, 7) is 4.88. The maximum Gasteiger partial charge on any atom is 0.336 e. The van der Waals surface area contributed by atoms with Crippen LogP contribution >= 0.6 is 0 Å². The molecule has 4 fully saturated rings. The number of ketones is 1. The van der Waals surface area contributed by atoms with Crippen LogP contribution in [-0.4, -0.2) is 53.1 Å². The summed E-state index contributed by atoms with van der Waals surface area (Å²) < 4.78 is 11.9. The van der Waals surface area contributed by atoms with Crippen molar-refractivity contribution in [3.63, 3.8) is 0 Å². The number of aliphatic hydroxyl groups is 1. The predicted octanol–water partition coefficient (Wildman–Crippen LogP) is 3.10. The van der Waals surface area contributed by atoms with Gasteiger partial charge in [0.15, 0.2) is 23.4 Å². The van der Waals surface area contributed by atoms with Crippen molar-refractivity contribution in [2.24, 2.45) is 11.8 Å². The van der Waals surface area contributed by atoms with Gasteiger partial charge in [-0.25, -0.2) is 4.79 Å². The van der Waals surface area contributed by atoms with E-state index < -0.39 is 23.1 Å². The van der Waals surface area contributed by atoms with Crippen LogP contribution in [0.2, 0.25) is 0 Å². The zero-order valence-corrected chi connectivity index (χ0v) is 19.5. The molecule has 5 aliphatic carbocycles. The molecule has 7 rings (SSSR count). The Bertz CT molecular complexity index is 1110. The van der Waals surface area contributed by atoms with E-state index in [0.717, 1.165) is 29.7 Å². The van der Waals surface area contributed by atoms with Crippen LogP contribution in [0.3, 0.4) is 0 Å². The van der Waals surface area contributed by atoms with E-state index in [2.05, 4.69) is 11.9 Å². The Labute approximate surface area is 194 Å². The highest BCUT2D eigenvalue weighted by atomic mass is 16.6. The van der Waals surface area contributed by atoms with Crippen LogP contribution in [0.4, 0.5) is 0 Å². The van der Waals surface area contributed by atoms with Crippen molar-refractivity contribution in [2.75, 3.05) is 13.6 Å². The minimum absolute atomic E-state index is 0.0456. The summed E-state index contributed by atoms with van der Waals surface area (Å²) in [7, 11) is 2.11. The number of rotatable bonds is 6. The van der Waals surface area contributed by atoms with Gasteiger partial charge in [-0.15, -0.1) is 0 Å². The van der Waals surface area contributed by atoms with E-state index in [-0.39, 0.29) is 17.7 Å². The normalized spacial score (nSPS) is 35.2. The van der Waals surface area contributed by atoms with Crippen LogP contribution in [0.15, 0.2) is 35.9 Å². The minimum atomic E-state index is -1.00. The molecule has 0 amide bonds. The lowest BCUT2D eigenvalue weighted by Crippen LogP contribution is -2.83. The molecule has 1 spiro atoms. The van der Waals surface area contributed by atoms with E-state index in [0.29, 0.717) is 30.3 Å². The minimum Gasteiger partial charge on any atom is -0.477 e. The lowest BCUT2D eigenvalue weighted by Gasteiger charge is -2.69. The van der Waals surface area contributed by atoms with Gasteiger partial charge in [0, 0.05) is 30.6 Å². The first-order chi connectivity index (χ1) is 15.8. The van der Waals surface area contributed by atoms with Gasteiger partial charge in [-0.1, -0.05) is 23.8 Å². The Morgan fingerprint density at radius 3 is 2.82 bits per heavy atom. The Morgan fingerprint density at radius 2 is 2.09 bits per heavy atom. The molecule has 0 saturated heterocycles. The topological polar surface area (TPSA) is 76.1 Å². The molecule has 2 bridgehead atoms. The van der Waals surface area contributed by atoms with Crippen molar-refractivity contribution in [3.05, 3.63) is 47.1 Å². The summed E-state index contributed by atoms with van der Waals surface area (Å²) in [5.74, 6) is 1.01. The van der Waals surface area contributed by atoms with Gasteiger partial charge in [0.25, 0.3) is 0 Å². The molecule has 1 N–H and O–H groups in total. The summed E-state index contributed by atoms with van der Waals surface area (Å²) >= 11 is 0. The third-order valence-corrected chi connectivity index (χ3v) is 8.55. The van der Waals surface area contributed by atoms with Gasteiger partial charge in [-0.2, -0.15) is 0 Å². The number of Topliss-reactive ketones (excluding diaryl/α,β-unsaturated/α-hetero) is 1. The van der Waals surface area contributed by atoms with Gasteiger partial charge >= 0.3 is 5.97 Å². The van der Waals surface area contributed by atoms with Crippen molar-refractivity contribution in [1.29, 1.82) is 0 Å². The van der Waals surface area contributed by atoms with Gasteiger partial charge < -0.3 is 14.6 Å². The van der Waals surface area contributed by atoms with Crippen molar-refractivity contribution < 1.29 is 24.2 Å². The van der Waals surface area contributed by atoms with E-state index in [9.17, 15) is 14.7 Å². The molecule has 1 aliphatic heterocycles. The average molecular weight is 450 g/mol. The van der Waals surface area contributed by atoms with Crippen LogP contribution in [0.1, 0.15) is 50.7 Å². The molecule has 33 heavy (non-hydrogen) atoms. The van der Waals surface area contributed by atoms with Crippen molar-refractivity contribution in [2.45, 2.75) is 69.1 Å². The molecule has 4 saturated carbocycles. The predicted molar refractivity (Wildman–Crippen MR) is 122 cm³/mol. The van der Waals surface area contributed by atoms with Crippen LogP contribution in [-0.2, 0) is 21.4 Å². The Hall–Kier alpha value is -2.44. The largest absolute Gasteiger partial charge is 0.477 e. The summed E-state index contributed by atoms with van der Waals surface area (Å²) in [6.07, 6.45) is 8.47. The highest BCUT2D eigenvalue weighted by molar-refractivity contribution is 5.92. The van der Waals surface area contributed by atoms with Crippen molar-refractivity contribution in [1.82, 2.24) is 4.90 Å². The number of fused-ring (bicyclic) bond motifs is 1.